The molecule has 0 aliphatic heterocycles. The first kappa shape index (κ1) is 15.0. The summed E-state index contributed by atoms with van der Waals surface area (Å²) in [5.74, 6) is -0.702. The van der Waals surface area contributed by atoms with Crippen LogP contribution in [-0.2, 0) is 11.3 Å². The van der Waals surface area contributed by atoms with E-state index < -0.39 is 11.9 Å². The molecule has 0 atom stereocenters. The molecule has 0 aliphatic rings. The minimum absolute atomic E-state index is 0.0565. The van der Waals surface area contributed by atoms with Crippen molar-refractivity contribution >= 4 is 27.7 Å². The smallest absolute Gasteiger partial charge is 0.412 e. The molecule has 2 aromatic rings. The fourth-order valence-electron chi connectivity index (χ4n) is 1.60. The Balaban J connectivity index is 2.00. The maximum atomic E-state index is 13.7. The van der Waals surface area contributed by atoms with Crippen LogP contribution in [0.15, 0.2) is 46.9 Å². The summed E-state index contributed by atoms with van der Waals surface area (Å²) in [5, 5.41) is 11.1. The number of rotatable bonds is 3. The molecule has 0 heterocycles. The van der Waals surface area contributed by atoms with Crippen LogP contribution in [0.3, 0.4) is 0 Å². The fraction of sp³-hybridized carbons (Fsp3) is 0.0667. The van der Waals surface area contributed by atoms with E-state index in [0.29, 0.717) is 4.47 Å². The van der Waals surface area contributed by atoms with Crippen molar-refractivity contribution < 1.29 is 13.9 Å². The number of carbonyl (C=O) groups excluding carboxylic acids is 1. The molecule has 0 unspecified atom stereocenters. The highest BCUT2D eigenvalue weighted by atomic mass is 79.9. The number of halogens is 2. The summed E-state index contributed by atoms with van der Waals surface area (Å²) >= 11 is 3.13. The van der Waals surface area contributed by atoms with Gasteiger partial charge in [0.25, 0.3) is 0 Å². The lowest BCUT2D eigenvalue weighted by atomic mass is 10.2. The molecule has 4 nitrogen and oxygen atoms in total. The molecular weight excluding hydrogens is 339 g/mol. The van der Waals surface area contributed by atoms with E-state index in [4.69, 9.17) is 10.00 Å². The van der Waals surface area contributed by atoms with Gasteiger partial charge in [-0.25, -0.2) is 9.18 Å². The molecule has 0 saturated carbocycles. The zero-order valence-electron chi connectivity index (χ0n) is 10.8. The van der Waals surface area contributed by atoms with E-state index in [1.165, 1.54) is 6.07 Å². The predicted octanol–water partition coefficient (Wildman–Crippen LogP) is 4.21. The van der Waals surface area contributed by atoms with Gasteiger partial charge in [-0.1, -0.05) is 30.3 Å². The number of nitrogens with one attached hydrogen (secondary N) is 1. The van der Waals surface area contributed by atoms with Crippen molar-refractivity contribution in [2.45, 2.75) is 6.61 Å². The maximum Gasteiger partial charge on any atom is 0.412 e. The summed E-state index contributed by atoms with van der Waals surface area (Å²) in [6, 6.07) is 13.3. The van der Waals surface area contributed by atoms with Crippen LogP contribution in [0.25, 0.3) is 0 Å². The second-order valence-corrected chi connectivity index (χ2v) is 4.96. The van der Waals surface area contributed by atoms with Crippen molar-refractivity contribution in [1.29, 1.82) is 5.26 Å². The second kappa shape index (κ2) is 6.86. The summed E-state index contributed by atoms with van der Waals surface area (Å²) in [4.78, 5) is 11.6. The van der Waals surface area contributed by atoms with E-state index in [1.54, 1.807) is 0 Å². The van der Waals surface area contributed by atoms with Crippen molar-refractivity contribution in [2.24, 2.45) is 0 Å². The Morgan fingerprint density at radius 2 is 2.05 bits per heavy atom. The minimum Gasteiger partial charge on any atom is -0.444 e. The van der Waals surface area contributed by atoms with Gasteiger partial charge in [-0.15, -0.1) is 0 Å². The van der Waals surface area contributed by atoms with E-state index in [9.17, 15) is 9.18 Å². The zero-order valence-corrected chi connectivity index (χ0v) is 12.4. The van der Waals surface area contributed by atoms with Crippen molar-refractivity contribution in [3.8, 4) is 6.07 Å². The van der Waals surface area contributed by atoms with Gasteiger partial charge >= 0.3 is 6.09 Å². The van der Waals surface area contributed by atoms with Gasteiger partial charge in [0.2, 0.25) is 0 Å². The van der Waals surface area contributed by atoms with Gasteiger partial charge in [-0.2, -0.15) is 5.26 Å². The molecule has 2 rings (SSSR count). The summed E-state index contributed by atoms with van der Waals surface area (Å²) in [7, 11) is 0. The number of carbonyl (C=O) groups is 1. The lowest BCUT2D eigenvalue weighted by molar-refractivity contribution is 0.155. The highest BCUT2D eigenvalue weighted by Gasteiger charge is 2.11. The first-order valence-corrected chi connectivity index (χ1v) is 6.76. The molecule has 0 bridgehead atoms. The number of ether oxygens (including phenoxy) is 1. The van der Waals surface area contributed by atoms with Crippen LogP contribution in [0, 0.1) is 17.1 Å². The van der Waals surface area contributed by atoms with Crippen molar-refractivity contribution in [1.82, 2.24) is 0 Å². The topological polar surface area (TPSA) is 62.1 Å². The predicted molar refractivity (Wildman–Crippen MR) is 79.1 cm³/mol. The third kappa shape index (κ3) is 4.04. The molecule has 1 N–H and O–H groups in total. The van der Waals surface area contributed by atoms with E-state index in [1.807, 2.05) is 36.4 Å². The van der Waals surface area contributed by atoms with E-state index in [0.717, 1.165) is 11.6 Å². The molecular formula is C15H10BrFN2O2. The molecule has 21 heavy (non-hydrogen) atoms. The van der Waals surface area contributed by atoms with Crippen LogP contribution in [0.2, 0.25) is 0 Å². The van der Waals surface area contributed by atoms with Crippen LogP contribution in [0.5, 0.6) is 0 Å². The first-order chi connectivity index (χ1) is 10.1. The molecule has 0 radical (unpaired) electrons. The van der Waals surface area contributed by atoms with Gasteiger partial charge in [0.1, 0.15) is 18.5 Å². The van der Waals surface area contributed by atoms with Crippen molar-refractivity contribution in [3.05, 3.63) is 63.9 Å². The lowest BCUT2D eigenvalue weighted by Crippen LogP contribution is -2.14. The van der Waals surface area contributed by atoms with E-state index >= 15 is 0 Å². The van der Waals surface area contributed by atoms with Crippen LogP contribution < -0.4 is 5.32 Å². The molecule has 1 amide bonds. The van der Waals surface area contributed by atoms with Gasteiger partial charge in [-0.05, 0) is 33.6 Å². The van der Waals surface area contributed by atoms with Crippen molar-refractivity contribution in [2.75, 3.05) is 5.32 Å². The third-order valence-corrected chi connectivity index (χ3v) is 3.28. The molecule has 0 aromatic heterocycles. The van der Waals surface area contributed by atoms with Gasteiger partial charge < -0.3 is 4.74 Å². The Bertz CT molecular complexity index is 699. The van der Waals surface area contributed by atoms with Gasteiger partial charge in [0, 0.05) is 4.47 Å². The Morgan fingerprint density at radius 1 is 1.33 bits per heavy atom. The highest BCUT2D eigenvalue weighted by Crippen LogP contribution is 2.24. The average molecular weight is 349 g/mol. The average Bonchev–Trinajstić information content (AvgIpc) is 2.49. The number of benzene rings is 2. The summed E-state index contributed by atoms with van der Waals surface area (Å²) in [6.45, 7) is 0.0890. The SMILES string of the molecule is N#Cc1cc(F)c(NC(=O)OCc2ccccc2)cc1Br. The maximum absolute atomic E-state index is 13.7. The number of nitriles is 1. The lowest BCUT2D eigenvalue weighted by Gasteiger charge is -2.09. The molecule has 0 saturated heterocycles. The molecule has 0 fully saturated rings. The minimum atomic E-state index is -0.769. The Morgan fingerprint density at radius 3 is 2.71 bits per heavy atom. The Labute approximate surface area is 129 Å². The van der Waals surface area contributed by atoms with E-state index in [2.05, 4.69) is 21.2 Å². The standard InChI is InChI=1S/C15H10BrFN2O2/c16-12-7-14(13(17)6-11(12)8-18)19-15(20)21-9-10-4-2-1-3-5-10/h1-7H,9H2,(H,19,20). The fourth-order valence-corrected chi connectivity index (χ4v) is 2.03. The monoisotopic (exact) mass is 348 g/mol. The third-order valence-electron chi connectivity index (χ3n) is 2.63. The Hall–Kier alpha value is -2.39. The second-order valence-electron chi connectivity index (χ2n) is 4.11. The van der Waals surface area contributed by atoms with Crippen molar-refractivity contribution in [3.63, 3.8) is 0 Å². The quantitative estimate of drug-likeness (QED) is 0.903. The van der Waals surface area contributed by atoms with Gasteiger partial charge in [-0.3, -0.25) is 5.32 Å². The first-order valence-electron chi connectivity index (χ1n) is 5.97. The normalized spacial score (nSPS) is 9.76. The van der Waals surface area contributed by atoms with Crippen LogP contribution in [-0.4, -0.2) is 6.09 Å². The molecule has 0 aliphatic carbocycles. The number of hydrogen-bond donors (Lipinski definition) is 1. The largest absolute Gasteiger partial charge is 0.444 e. The summed E-state index contributed by atoms with van der Waals surface area (Å²) in [6.07, 6.45) is -0.769. The molecule has 2 aromatic carbocycles. The van der Waals surface area contributed by atoms with Crippen LogP contribution in [0.1, 0.15) is 11.1 Å². The van der Waals surface area contributed by atoms with Crippen LogP contribution >= 0.6 is 15.9 Å². The van der Waals surface area contributed by atoms with Gasteiger partial charge in [0.05, 0.1) is 11.3 Å². The summed E-state index contributed by atoms with van der Waals surface area (Å²) < 4.78 is 19.1. The zero-order chi connectivity index (χ0) is 15.2. The highest BCUT2D eigenvalue weighted by molar-refractivity contribution is 9.10. The number of anilines is 1. The molecule has 106 valence electrons. The molecule has 0 spiro atoms. The number of hydrogen-bond acceptors (Lipinski definition) is 3. The van der Waals surface area contributed by atoms with Crippen LogP contribution in [0.4, 0.5) is 14.9 Å². The number of nitrogens with zero attached hydrogens (tertiary/aromatic N) is 1. The summed E-state index contributed by atoms with van der Waals surface area (Å²) in [5.41, 5.74) is 0.920. The number of amides is 1. The molecule has 6 heteroatoms. The van der Waals surface area contributed by atoms with Gasteiger partial charge in [0.15, 0.2) is 0 Å². The van der Waals surface area contributed by atoms with E-state index in [-0.39, 0.29) is 17.9 Å². The Kier molecular flexibility index (Phi) is 4.90.